The Hall–Kier alpha value is -2.22. The molecule has 0 saturated carbocycles. The van der Waals surface area contributed by atoms with Crippen LogP contribution in [0.5, 0.6) is 0 Å². The minimum atomic E-state index is -0.275. The maximum Gasteiger partial charge on any atom is 0.232 e. The SMILES string of the molecule is CC(=O)/C(=C(/C)O)c1cnc(C#N)nc1. The van der Waals surface area contributed by atoms with Crippen molar-refractivity contribution in [2.45, 2.75) is 13.8 Å². The van der Waals surface area contributed by atoms with E-state index in [4.69, 9.17) is 5.26 Å². The molecule has 0 aliphatic carbocycles. The van der Waals surface area contributed by atoms with Gasteiger partial charge in [-0.2, -0.15) is 5.26 Å². The first kappa shape index (κ1) is 10.9. The predicted molar refractivity (Wildman–Crippen MR) is 52.7 cm³/mol. The van der Waals surface area contributed by atoms with Crippen LogP contribution in [-0.2, 0) is 4.79 Å². The molecule has 0 fully saturated rings. The number of aliphatic hydroxyl groups excluding tert-OH is 1. The second-order valence-electron chi connectivity index (χ2n) is 2.92. The van der Waals surface area contributed by atoms with Crippen molar-refractivity contribution in [3.8, 4) is 6.07 Å². The second-order valence-corrected chi connectivity index (χ2v) is 2.92. The number of ketones is 1. The molecule has 1 heterocycles. The molecule has 0 aliphatic heterocycles. The lowest BCUT2D eigenvalue weighted by Gasteiger charge is -2.03. The fourth-order valence-electron chi connectivity index (χ4n) is 1.18. The average Bonchev–Trinajstić information content (AvgIpc) is 2.18. The van der Waals surface area contributed by atoms with Gasteiger partial charge in [0.1, 0.15) is 11.8 Å². The summed E-state index contributed by atoms with van der Waals surface area (Å²) < 4.78 is 0. The predicted octanol–water partition coefficient (Wildman–Crippen LogP) is 1.23. The van der Waals surface area contributed by atoms with E-state index in [1.807, 2.05) is 0 Å². The third-order valence-corrected chi connectivity index (χ3v) is 1.75. The molecule has 0 spiro atoms. The van der Waals surface area contributed by atoms with E-state index in [0.717, 1.165) is 0 Å². The van der Waals surface area contributed by atoms with E-state index in [9.17, 15) is 9.90 Å². The van der Waals surface area contributed by atoms with Gasteiger partial charge in [0.25, 0.3) is 0 Å². The van der Waals surface area contributed by atoms with E-state index in [1.165, 1.54) is 26.2 Å². The number of aliphatic hydroxyl groups is 1. The average molecular weight is 203 g/mol. The molecule has 0 amide bonds. The lowest BCUT2D eigenvalue weighted by molar-refractivity contribution is -0.111. The molecule has 76 valence electrons. The topological polar surface area (TPSA) is 86.9 Å². The quantitative estimate of drug-likeness (QED) is 0.577. The van der Waals surface area contributed by atoms with Gasteiger partial charge in [-0.05, 0) is 13.8 Å². The zero-order valence-corrected chi connectivity index (χ0v) is 8.35. The molecule has 0 unspecified atom stereocenters. The molecule has 0 aliphatic rings. The number of hydrogen-bond acceptors (Lipinski definition) is 5. The van der Waals surface area contributed by atoms with Gasteiger partial charge in [-0.15, -0.1) is 0 Å². The summed E-state index contributed by atoms with van der Waals surface area (Å²) in [6.07, 6.45) is 2.67. The minimum absolute atomic E-state index is 0.0252. The summed E-state index contributed by atoms with van der Waals surface area (Å²) in [6, 6.07) is 1.77. The molecule has 0 atom stereocenters. The largest absolute Gasteiger partial charge is 0.512 e. The third kappa shape index (κ3) is 2.38. The summed E-state index contributed by atoms with van der Waals surface area (Å²) in [5, 5.41) is 17.8. The van der Waals surface area contributed by atoms with Crippen molar-refractivity contribution in [2.75, 3.05) is 0 Å². The Bertz CT molecular complexity index is 451. The van der Waals surface area contributed by atoms with Gasteiger partial charge in [0.15, 0.2) is 5.78 Å². The molecule has 1 aromatic rings. The van der Waals surface area contributed by atoms with Gasteiger partial charge >= 0.3 is 0 Å². The standard InChI is InChI=1S/C10H9N3O2/c1-6(14)10(7(2)15)8-4-12-9(3-11)13-5-8/h4-5,14H,1-2H3/b10-6+. The normalized spacial score (nSPS) is 11.5. The summed E-state index contributed by atoms with van der Waals surface area (Å²) in [4.78, 5) is 18.6. The number of nitriles is 1. The van der Waals surface area contributed by atoms with Gasteiger partial charge in [0.2, 0.25) is 5.82 Å². The van der Waals surface area contributed by atoms with Gasteiger partial charge in [0, 0.05) is 18.0 Å². The van der Waals surface area contributed by atoms with Crippen LogP contribution in [0.2, 0.25) is 0 Å². The molecule has 5 heteroatoms. The number of Topliss-reactive ketones (excluding diaryl/α,β-unsaturated/α-hetero) is 1. The summed E-state index contributed by atoms with van der Waals surface area (Å²) in [5.41, 5.74) is 0.570. The highest BCUT2D eigenvalue weighted by Gasteiger charge is 2.11. The monoisotopic (exact) mass is 203 g/mol. The molecule has 1 N–H and O–H groups in total. The van der Waals surface area contributed by atoms with Crippen LogP contribution in [0.25, 0.3) is 5.57 Å². The molecule has 15 heavy (non-hydrogen) atoms. The van der Waals surface area contributed by atoms with Crippen molar-refractivity contribution in [1.82, 2.24) is 9.97 Å². The van der Waals surface area contributed by atoms with E-state index in [1.54, 1.807) is 6.07 Å². The van der Waals surface area contributed by atoms with Crippen molar-refractivity contribution in [2.24, 2.45) is 0 Å². The Morgan fingerprint density at radius 1 is 1.40 bits per heavy atom. The van der Waals surface area contributed by atoms with E-state index in [0.29, 0.717) is 5.56 Å². The highest BCUT2D eigenvalue weighted by atomic mass is 16.3. The molecular formula is C10H9N3O2. The van der Waals surface area contributed by atoms with Crippen LogP contribution in [0, 0.1) is 11.3 Å². The van der Waals surface area contributed by atoms with E-state index in [-0.39, 0.29) is 22.9 Å². The van der Waals surface area contributed by atoms with Crippen LogP contribution in [-0.4, -0.2) is 20.9 Å². The van der Waals surface area contributed by atoms with E-state index in [2.05, 4.69) is 9.97 Å². The van der Waals surface area contributed by atoms with Gasteiger partial charge in [-0.1, -0.05) is 0 Å². The van der Waals surface area contributed by atoms with Gasteiger partial charge in [-0.25, -0.2) is 9.97 Å². The van der Waals surface area contributed by atoms with Crippen molar-refractivity contribution >= 4 is 11.4 Å². The summed E-state index contributed by atoms with van der Waals surface area (Å²) in [6.45, 7) is 2.75. The lowest BCUT2D eigenvalue weighted by Crippen LogP contribution is -2.01. The first-order valence-electron chi connectivity index (χ1n) is 4.19. The van der Waals surface area contributed by atoms with Crippen molar-refractivity contribution < 1.29 is 9.90 Å². The Kier molecular flexibility index (Phi) is 3.13. The van der Waals surface area contributed by atoms with Crippen molar-refractivity contribution in [3.05, 3.63) is 29.5 Å². The Morgan fingerprint density at radius 2 is 1.93 bits per heavy atom. The van der Waals surface area contributed by atoms with Crippen LogP contribution < -0.4 is 0 Å². The maximum atomic E-state index is 11.2. The van der Waals surface area contributed by atoms with Crippen LogP contribution in [0.4, 0.5) is 0 Å². The zero-order chi connectivity index (χ0) is 11.4. The molecule has 0 radical (unpaired) electrons. The number of aromatic nitrogens is 2. The number of rotatable bonds is 2. The van der Waals surface area contributed by atoms with Crippen LogP contribution in [0.1, 0.15) is 25.2 Å². The maximum absolute atomic E-state index is 11.2. The van der Waals surface area contributed by atoms with E-state index < -0.39 is 0 Å². The first-order chi connectivity index (χ1) is 7.06. The van der Waals surface area contributed by atoms with Gasteiger partial charge < -0.3 is 5.11 Å². The molecular weight excluding hydrogens is 194 g/mol. The molecule has 5 nitrogen and oxygen atoms in total. The number of allylic oxidation sites excluding steroid dienone is 2. The Morgan fingerprint density at radius 3 is 2.27 bits per heavy atom. The van der Waals surface area contributed by atoms with Crippen molar-refractivity contribution in [3.63, 3.8) is 0 Å². The molecule has 0 bridgehead atoms. The molecule has 0 saturated heterocycles. The number of hydrogen-bond donors (Lipinski definition) is 1. The van der Waals surface area contributed by atoms with E-state index >= 15 is 0 Å². The first-order valence-corrected chi connectivity index (χ1v) is 4.19. The highest BCUT2D eigenvalue weighted by molar-refractivity contribution is 6.19. The van der Waals surface area contributed by atoms with Crippen molar-refractivity contribution in [1.29, 1.82) is 5.26 Å². The zero-order valence-electron chi connectivity index (χ0n) is 8.35. The Labute approximate surface area is 86.7 Å². The number of carbonyl (C=O) groups is 1. The summed E-state index contributed by atoms with van der Waals surface area (Å²) in [7, 11) is 0. The fraction of sp³-hybridized carbons (Fsp3) is 0.200. The van der Waals surface area contributed by atoms with Crippen LogP contribution in [0.15, 0.2) is 18.2 Å². The molecule has 1 rings (SSSR count). The molecule has 1 aromatic heterocycles. The van der Waals surface area contributed by atoms with Crippen LogP contribution >= 0.6 is 0 Å². The third-order valence-electron chi connectivity index (χ3n) is 1.75. The lowest BCUT2D eigenvalue weighted by atomic mass is 10.1. The summed E-state index contributed by atoms with van der Waals surface area (Å²) in [5.74, 6) is -0.337. The molecule has 0 aromatic carbocycles. The highest BCUT2D eigenvalue weighted by Crippen LogP contribution is 2.16. The second kappa shape index (κ2) is 4.33. The van der Waals surface area contributed by atoms with Gasteiger partial charge in [-0.3, -0.25) is 4.79 Å². The summed E-state index contributed by atoms with van der Waals surface area (Å²) >= 11 is 0. The Balaban J connectivity index is 3.22. The smallest absolute Gasteiger partial charge is 0.232 e. The fourth-order valence-corrected chi connectivity index (χ4v) is 1.18. The minimum Gasteiger partial charge on any atom is -0.512 e. The van der Waals surface area contributed by atoms with Gasteiger partial charge in [0.05, 0.1) is 5.57 Å². The number of nitrogens with zero attached hydrogens (tertiary/aromatic N) is 3. The van der Waals surface area contributed by atoms with Crippen LogP contribution in [0.3, 0.4) is 0 Å². The number of carbonyl (C=O) groups excluding carboxylic acids is 1.